The number of nitrogens with zero attached hydrogens (tertiary/aromatic N) is 1. The van der Waals surface area contributed by atoms with Crippen molar-refractivity contribution in [2.75, 3.05) is 25.3 Å². The molecule has 0 unspecified atom stereocenters. The maximum absolute atomic E-state index is 6.09. The van der Waals surface area contributed by atoms with Crippen molar-refractivity contribution >= 4 is 28.8 Å². The number of pyridine rings is 1. The molecule has 0 saturated heterocycles. The lowest BCUT2D eigenvalue weighted by Gasteiger charge is -2.14. The van der Waals surface area contributed by atoms with Crippen LogP contribution in [0.15, 0.2) is 30.5 Å². The van der Waals surface area contributed by atoms with E-state index in [1.54, 1.807) is 44.7 Å². The van der Waals surface area contributed by atoms with Crippen LogP contribution in [0.5, 0.6) is 11.5 Å². The molecule has 0 radical (unpaired) electrons. The van der Waals surface area contributed by atoms with E-state index in [1.807, 2.05) is 0 Å². The normalized spacial score (nSPS) is 10.1. The average molecular weight is 280 g/mol. The molecule has 1 heterocycles. The fourth-order valence-corrected chi connectivity index (χ4v) is 1.85. The molecular formula is C13H14ClN3O2. The van der Waals surface area contributed by atoms with Crippen molar-refractivity contribution < 1.29 is 9.47 Å². The molecule has 0 saturated carbocycles. The van der Waals surface area contributed by atoms with Crippen molar-refractivity contribution in [3.63, 3.8) is 0 Å². The Morgan fingerprint density at radius 3 is 2.58 bits per heavy atom. The SMILES string of the molecule is COc1cc(OC)c(Nc2ncccc2N)cc1Cl. The lowest BCUT2D eigenvalue weighted by molar-refractivity contribution is 0.396. The molecule has 0 spiro atoms. The number of hydrogen-bond donors (Lipinski definition) is 2. The van der Waals surface area contributed by atoms with Gasteiger partial charge in [0.2, 0.25) is 0 Å². The highest BCUT2D eigenvalue weighted by Gasteiger charge is 2.11. The van der Waals surface area contributed by atoms with Crippen molar-refractivity contribution in [1.29, 1.82) is 0 Å². The summed E-state index contributed by atoms with van der Waals surface area (Å²) in [5.74, 6) is 1.67. The number of nitrogen functional groups attached to an aromatic ring is 1. The summed E-state index contributed by atoms with van der Waals surface area (Å²) in [5.41, 5.74) is 7.03. The predicted molar refractivity (Wildman–Crippen MR) is 76.5 cm³/mol. The highest BCUT2D eigenvalue weighted by molar-refractivity contribution is 6.32. The highest BCUT2D eigenvalue weighted by atomic mass is 35.5. The maximum atomic E-state index is 6.09. The number of methoxy groups -OCH3 is 2. The summed E-state index contributed by atoms with van der Waals surface area (Å²) in [6.07, 6.45) is 1.65. The molecular weight excluding hydrogens is 266 g/mol. The summed E-state index contributed by atoms with van der Waals surface area (Å²) >= 11 is 6.09. The van der Waals surface area contributed by atoms with Crippen LogP contribution in [0.25, 0.3) is 0 Å². The van der Waals surface area contributed by atoms with Crippen molar-refractivity contribution in [2.24, 2.45) is 0 Å². The summed E-state index contributed by atoms with van der Waals surface area (Å²) < 4.78 is 10.4. The minimum Gasteiger partial charge on any atom is -0.495 e. The van der Waals surface area contributed by atoms with E-state index in [9.17, 15) is 0 Å². The number of benzene rings is 1. The quantitative estimate of drug-likeness (QED) is 0.900. The molecule has 0 aliphatic heterocycles. The Morgan fingerprint density at radius 1 is 1.21 bits per heavy atom. The van der Waals surface area contributed by atoms with E-state index in [1.165, 1.54) is 0 Å². The van der Waals surface area contributed by atoms with E-state index in [0.29, 0.717) is 33.7 Å². The van der Waals surface area contributed by atoms with Gasteiger partial charge in [-0.3, -0.25) is 0 Å². The molecule has 100 valence electrons. The molecule has 0 aliphatic rings. The van der Waals surface area contributed by atoms with Crippen molar-refractivity contribution in [2.45, 2.75) is 0 Å². The third-order valence-corrected chi connectivity index (χ3v) is 2.86. The smallest absolute Gasteiger partial charge is 0.153 e. The second-order valence-electron chi connectivity index (χ2n) is 3.75. The van der Waals surface area contributed by atoms with E-state index < -0.39 is 0 Å². The largest absolute Gasteiger partial charge is 0.495 e. The second kappa shape index (κ2) is 5.67. The van der Waals surface area contributed by atoms with Crippen molar-refractivity contribution in [3.8, 4) is 11.5 Å². The number of hydrogen-bond acceptors (Lipinski definition) is 5. The van der Waals surface area contributed by atoms with E-state index >= 15 is 0 Å². The Labute approximate surface area is 116 Å². The molecule has 2 rings (SSSR count). The Balaban J connectivity index is 2.40. The van der Waals surface area contributed by atoms with E-state index in [0.717, 1.165) is 0 Å². The number of aromatic nitrogens is 1. The van der Waals surface area contributed by atoms with Crippen LogP contribution in [0.2, 0.25) is 5.02 Å². The molecule has 0 amide bonds. The first-order chi connectivity index (χ1) is 9.15. The van der Waals surface area contributed by atoms with Crippen LogP contribution >= 0.6 is 11.6 Å². The Bertz CT molecular complexity index is 590. The third-order valence-electron chi connectivity index (χ3n) is 2.57. The van der Waals surface area contributed by atoms with Gasteiger partial charge in [-0.2, -0.15) is 0 Å². The maximum Gasteiger partial charge on any atom is 0.153 e. The first-order valence-corrected chi connectivity index (χ1v) is 5.92. The van der Waals surface area contributed by atoms with Gasteiger partial charge in [0.25, 0.3) is 0 Å². The van der Waals surface area contributed by atoms with Gasteiger partial charge in [-0.05, 0) is 18.2 Å². The van der Waals surface area contributed by atoms with Gasteiger partial charge in [0.15, 0.2) is 5.82 Å². The molecule has 6 heteroatoms. The molecule has 0 bridgehead atoms. The van der Waals surface area contributed by atoms with Crippen LogP contribution in [0.3, 0.4) is 0 Å². The average Bonchev–Trinajstić information content (AvgIpc) is 2.42. The first-order valence-electron chi connectivity index (χ1n) is 5.54. The molecule has 1 aromatic heterocycles. The molecule has 19 heavy (non-hydrogen) atoms. The van der Waals surface area contributed by atoms with E-state index in [2.05, 4.69) is 10.3 Å². The zero-order valence-electron chi connectivity index (χ0n) is 10.6. The monoisotopic (exact) mass is 279 g/mol. The predicted octanol–water partition coefficient (Wildman–Crippen LogP) is 3.08. The second-order valence-corrected chi connectivity index (χ2v) is 4.16. The summed E-state index contributed by atoms with van der Waals surface area (Å²) in [5, 5.41) is 3.56. The Kier molecular flexibility index (Phi) is 3.97. The van der Waals surface area contributed by atoms with E-state index in [4.69, 9.17) is 26.8 Å². The van der Waals surface area contributed by atoms with Gasteiger partial charge < -0.3 is 20.5 Å². The van der Waals surface area contributed by atoms with Crippen molar-refractivity contribution in [3.05, 3.63) is 35.5 Å². The van der Waals surface area contributed by atoms with E-state index in [-0.39, 0.29) is 0 Å². The molecule has 2 aromatic rings. The Morgan fingerprint density at radius 2 is 1.95 bits per heavy atom. The number of ether oxygens (including phenoxy) is 2. The standard InChI is InChI=1S/C13H14ClN3O2/c1-18-11-7-12(19-2)10(6-8(11)14)17-13-9(15)4-3-5-16-13/h3-7H,15H2,1-2H3,(H,16,17). The van der Waals surface area contributed by atoms with Gasteiger partial charge in [-0.25, -0.2) is 4.98 Å². The minimum absolute atomic E-state index is 0.473. The molecule has 0 aliphatic carbocycles. The van der Waals surface area contributed by atoms with Crippen LogP contribution in [0.1, 0.15) is 0 Å². The van der Waals surface area contributed by atoms with Gasteiger partial charge in [-0.1, -0.05) is 11.6 Å². The Hall–Kier alpha value is -2.14. The summed E-state index contributed by atoms with van der Waals surface area (Å²) in [6, 6.07) is 6.92. The van der Waals surface area contributed by atoms with Gasteiger partial charge in [0, 0.05) is 12.3 Å². The van der Waals surface area contributed by atoms with Gasteiger partial charge in [-0.15, -0.1) is 0 Å². The zero-order valence-corrected chi connectivity index (χ0v) is 11.4. The summed E-state index contributed by atoms with van der Waals surface area (Å²) in [7, 11) is 3.11. The number of nitrogens with two attached hydrogens (primary N) is 1. The van der Waals surface area contributed by atoms with Crippen LogP contribution in [0, 0.1) is 0 Å². The van der Waals surface area contributed by atoms with Crippen molar-refractivity contribution in [1.82, 2.24) is 4.98 Å². The van der Waals surface area contributed by atoms with Gasteiger partial charge in [0.1, 0.15) is 11.5 Å². The van der Waals surface area contributed by atoms with Gasteiger partial charge in [0.05, 0.1) is 30.6 Å². The van der Waals surface area contributed by atoms with Crippen LogP contribution in [0.4, 0.5) is 17.2 Å². The topological polar surface area (TPSA) is 69.4 Å². The lowest BCUT2D eigenvalue weighted by atomic mass is 10.2. The summed E-state index contributed by atoms with van der Waals surface area (Å²) in [6.45, 7) is 0. The van der Waals surface area contributed by atoms with Crippen LogP contribution in [-0.2, 0) is 0 Å². The van der Waals surface area contributed by atoms with Crippen LogP contribution < -0.4 is 20.5 Å². The fourth-order valence-electron chi connectivity index (χ4n) is 1.61. The lowest BCUT2D eigenvalue weighted by Crippen LogP contribution is -2.01. The molecule has 3 N–H and O–H groups in total. The first kappa shape index (κ1) is 13.3. The third kappa shape index (κ3) is 2.82. The molecule has 0 atom stereocenters. The number of nitrogens with one attached hydrogen (secondary N) is 1. The number of rotatable bonds is 4. The summed E-state index contributed by atoms with van der Waals surface area (Å²) in [4.78, 5) is 4.16. The number of anilines is 3. The highest BCUT2D eigenvalue weighted by Crippen LogP contribution is 2.37. The van der Waals surface area contributed by atoms with Gasteiger partial charge >= 0.3 is 0 Å². The zero-order chi connectivity index (χ0) is 13.8. The molecule has 5 nitrogen and oxygen atoms in total. The number of halogens is 1. The molecule has 0 fully saturated rings. The fraction of sp³-hybridized carbons (Fsp3) is 0.154. The minimum atomic E-state index is 0.473. The molecule has 1 aromatic carbocycles. The van der Waals surface area contributed by atoms with Crippen LogP contribution in [-0.4, -0.2) is 19.2 Å².